The van der Waals surface area contributed by atoms with Crippen LogP contribution in [0.3, 0.4) is 0 Å². The average Bonchev–Trinajstić information content (AvgIpc) is 2.73. The number of benzene rings is 1. The van der Waals surface area contributed by atoms with Crippen molar-refractivity contribution in [1.82, 2.24) is 9.88 Å². The summed E-state index contributed by atoms with van der Waals surface area (Å²) in [6.45, 7) is 1.78. The van der Waals surface area contributed by atoms with Gasteiger partial charge in [-0.25, -0.2) is 13.1 Å². The Morgan fingerprint density at radius 2 is 2.00 bits per heavy atom. The molecule has 2 N–H and O–H groups in total. The molecule has 0 saturated heterocycles. The summed E-state index contributed by atoms with van der Waals surface area (Å²) in [6.07, 6.45) is 0. The van der Waals surface area contributed by atoms with Crippen LogP contribution in [0, 0.1) is 6.92 Å². The molecular weight excluding hydrogens is 256 g/mol. The molecule has 0 aliphatic rings. The maximum Gasteiger partial charge on any atom is 0.240 e. The second kappa shape index (κ2) is 4.79. The predicted molar refractivity (Wildman–Crippen MR) is 63.4 cm³/mol. The van der Waals surface area contributed by atoms with Crippen LogP contribution in [0.2, 0.25) is 0 Å². The molecule has 6 nitrogen and oxygen atoms in total. The fourth-order valence-corrected chi connectivity index (χ4v) is 2.38. The number of nitrogens with one attached hydrogen (secondary N) is 1. The van der Waals surface area contributed by atoms with E-state index >= 15 is 0 Å². The lowest BCUT2D eigenvalue weighted by Gasteiger charge is -2.04. The second-order valence-corrected chi connectivity index (χ2v) is 5.51. The van der Waals surface area contributed by atoms with Crippen molar-refractivity contribution >= 4 is 10.0 Å². The molecule has 0 atom stereocenters. The molecule has 0 spiro atoms. The largest absolute Gasteiger partial charge is 0.508 e. The highest BCUT2D eigenvalue weighted by molar-refractivity contribution is 7.89. The van der Waals surface area contributed by atoms with E-state index in [9.17, 15) is 8.42 Å². The summed E-state index contributed by atoms with van der Waals surface area (Å²) in [7, 11) is -3.61. The molecule has 7 heteroatoms. The van der Waals surface area contributed by atoms with Gasteiger partial charge in [-0.1, -0.05) is 5.16 Å². The lowest BCUT2D eigenvalue weighted by Crippen LogP contribution is -2.23. The first kappa shape index (κ1) is 12.6. The van der Waals surface area contributed by atoms with Crippen LogP contribution in [0.4, 0.5) is 0 Å². The zero-order chi connectivity index (χ0) is 13.2. The van der Waals surface area contributed by atoms with Gasteiger partial charge in [0.2, 0.25) is 10.0 Å². The van der Waals surface area contributed by atoms with Gasteiger partial charge in [0.1, 0.15) is 11.5 Å². The third-order valence-electron chi connectivity index (χ3n) is 2.27. The standard InChI is InChI=1S/C11H12N2O4S/c1-8-6-9(13-17-8)7-12-18(15,16)11-4-2-10(14)3-5-11/h2-6,12,14H,7H2,1H3. The lowest BCUT2D eigenvalue weighted by atomic mass is 10.3. The third kappa shape index (κ3) is 2.88. The van der Waals surface area contributed by atoms with E-state index in [0.717, 1.165) is 0 Å². The van der Waals surface area contributed by atoms with Crippen molar-refractivity contribution in [2.75, 3.05) is 0 Å². The van der Waals surface area contributed by atoms with E-state index in [4.69, 9.17) is 9.63 Å². The number of phenols is 1. The summed E-state index contributed by atoms with van der Waals surface area (Å²) in [5, 5.41) is 12.8. The Morgan fingerprint density at radius 1 is 1.33 bits per heavy atom. The molecule has 1 aromatic carbocycles. The van der Waals surface area contributed by atoms with Crippen LogP contribution in [0.1, 0.15) is 11.5 Å². The molecule has 0 amide bonds. The molecule has 96 valence electrons. The Kier molecular flexibility index (Phi) is 3.35. The summed E-state index contributed by atoms with van der Waals surface area (Å²) in [5.74, 6) is 0.634. The Labute approximate surface area is 104 Å². The molecule has 0 aliphatic heterocycles. The summed E-state index contributed by atoms with van der Waals surface area (Å²) >= 11 is 0. The molecule has 0 radical (unpaired) electrons. The Hall–Kier alpha value is -1.86. The van der Waals surface area contributed by atoms with Gasteiger partial charge in [0.15, 0.2) is 0 Å². The van der Waals surface area contributed by atoms with Crippen molar-refractivity contribution in [2.45, 2.75) is 18.4 Å². The van der Waals surface area contributed by atoms with Gasteiger partial charge in [-0.2, -0.15) is 0 Å². The van der Waals surface area contributed by atoms with Crippen LogP contribution in [-0.4, -0.2) is 18.7 Å². The van der Waals surface area contributed by atoms with Gasteiger partial charge in [-0.15, -0.1) is 0 Å². The molecule has 0 fully saturated rings. The first-order valence-corrected chi connectivity index (χ1v) is 6.66. The van der Waals surface area contributed by atoms with E-state index in [2.05, 4.69) is 9.88 Å². The maximum atomic E-state index is 11.9. The van der Waals surface area contributed by atoms with Crippen LogP contribution >= 0.6 is 0 Å². The predicted octanol–water partition coefficient (Wildman–Crippen LogP) is 1.17. The highest BCUT2D eigenvalue weighted by atomic mass is 32.2. The average molecular weight is 268 g/mol. The molecule has 2 rings (SSSR count). The SMILES string of the molecule is Cc1cc(CNS(=O)(=O)c2ccc(O)cc2)no1. The van der Waals surface area contributed by atoms with Gasteiger partial charge in [0.25, 0.3) is 0 Å². The molecule has 0 unspecified atom stereocenters. The molecule has 1 aromatic heterocycles. The maximum absolute atomic E-state index is 11.9. The van der Waals surface area contributed by atoms with Crippen LogP contribution in [0.5, 0.6) is 5.75 Å². The molecule has 0 aliphatic carbocycles. The van der Waals surface area contributed by atoms with Crippen molar-refractivity contribution in [2.24, 2.45) is 0 Å². The van der Waals surface area contributed by atoms with E-state index in [1.54, 1.807) is 13.0 Å². The summed E-state index contributed by atoms with van der Waals surface area (Å²) in [4.78, 5) is 0.0838. The quantitative estimate of drug-likeness (QED) is 0.868. The van der Waals surface area contributed by atoms with E-state index in [0.29, 0.717) is 11.5 Å². The number of sulfonamides is 1. The highest BCUT2D eigenvalue weighted by Gasteiger charge is 2.14. The van der Waals surface area contributed by atoms with Gasteiger partial charge < -0.3 is 9.63 Å². The van der Waals surface area contributed by atoms with E-state index in [1.807, 2.05) is 0 Å². The minimum Gasteiger partial charge on any atom is -0.508 e. The number of hydrogen-bond acceptors (Lipinski definition) is 5. The lowest BCUT2D eigenvalue weighted by molar-refractivity contribution is 0.390. The number of rotatable bonds is 4. The first-order valence-electron chi connectivity index (χ1n) is 5.18. The fraction of sp³-hybridized carbons (Fsp3) is 0.182. The molecule has 2 aromatic rings. The zero-order valence-electron chi connectivity index (χ0n) is 9.62. The fourth-order valence-electron chi connectivity index (χ4n) is 1.38. The minimum atomic E-state index is -3.61. The number of nitrogens with zero attached hydrogens (tertiary/aromatic N) is 1. The van der Waals surface area contributed by atoms with Crippen molar-refractivity contribution < 1.29 is 18.0 Å². The van der Waals surface area contributed by atoms with Gasteiger partial charge in [-0.05, 0) is 31.2 Å². The zero-order valence-corrected chi connectivity index (χ0v) is 10.4. The smallest absolute Gasteiger partial charge is 0.240 e. The topological polar surface area (TPSA) is 92.4 Å². The van der Waals surface area contributed by atoms with Gasteiger partial charge >= 0.3 is 0 Å². The molecule has 18 heavy (non-hydrogen) atoms. The molecule has 0 saturated carbocycles. The Bertz CT molecular complexity index is 631. The van der Waals surface area contributed by atoms with Crippen molar-refractivity contribution in [3.8, 4) is 5.75 Å². The Morgan fingerprint density at radius 3 is 2.56 bits per heavy atom. The minimum absolute atomic E-state index is 0.0149. The van der Waals surface area contributed by atoms with E-state index in [-0.39, 0.29) is 17.2 Å². The number of aryl methyl sites for hydroxylation is 1. The van der Waals surface area contributed by atoms with Crippen molar-refractivity contribution in [3.05, 3.63) is 41.8 Å². The molecular formula is C11H12N2O4S. The number of aromatic hydroxyl groups is 1. The van der Waals surface area contributed by atoms with Gasteiger partial charge in [0, 0.05) is 6.07 Å². The van der Waals surface area contributed by atoms with Crippen LogP contribution in [0.25, 0.3) is 0 Å². The summed E-state index contributed by atoms with van der Waals surface area (Å²) < 4.78 is 31.0. The third-order valence-corrected chi connectivity index (χ3v) is 3.68. The van der Waals surface area contributed by atoms with Crippen LogP contribution < -0.4 is 4.72 Å². The van der Waals surface area contributed by atoms with E-state index < -0.39 is 10.0 Å². The number of phenolic OH excluding ortho intramolecular Hbond substituents is 1. The van der Waals surface area contributed by atoms with Gasteiger partial charge in [-0.3, -0.25) is 0 Å². The normalized spacial score (nSPS) is 11.6. The summed E-state index contributed by atoms with van der Waals surface area (Å²) in [5.41, 5.74) is 0.509. The first-order chi connectivity index (χ1) is 8.47. The highest BCUT2D eigenvalue weighted by Crippen LogP contribution is 2.14. The molecule has 0 bridgehead atoms. The molecule has 1 heterocycles. The summed E-state index contributed by atoms with van der Waals surface area (Å²) in [6, 6.07) is 6.93. The number of aromatic nitrogens is 1. The monoisotopic (exact) mass is 268 g/mol. The van der Waals surface area contributed by atoms with Gasteiger partial charge in [0.05, 0.1) is 17.1 Å². The van der Waals surface area contributed by atoms with E-state index in [1.165, 1.54) is 24.3 Å². The second-order valence-electron chi connectivity index (χ2n) is 3.75. The van der Waals surface area contributed by atoms with Crippen LogP contribution in [0.15, 0.2) is 39.8 Å². The van der Waals surface area contributed by atoms with Crippen molar-refractivity contribution in [1.29, 1.82) is 0 Å². The Balaban J connectivity index is 2.10. The number of hydrogen-bond donors (Lipinski definition) is 2. The van der Waals surface area contributed by atoms with Crippen molar-refractivity contribution in [3.63, 3.8) is 0 Å². The van der Waals surface area contributed by atoms with Crippen LogP contribution in [-0.2, 0) is 16.6 Å².